The van der Waals surface area contributed by atoms with Gasteiger partial charge in [0.2, 0.25) is 0 Å². The molecule has 0 amide bonds. The molecule has 1 unspecified atom stereocenters. The van der Waals surface area contributed by atoms with Gasteiger partial charge in [-0.1, -0.05) is 6.92 Å². The molecule has 0 radical (unpaired) electrons. The van der Waals surface area contributed by atoms with Gasteiger partial charge in [0, 0.05) is 29.9 Å². The number of halogens is 1. The third-order valence-electron chi connectivity index (χ3n) is 3.78. The maximum absolute atomic E-state index is 13.5. The molecule has 1 aliphatic rings. The van der Waals surface area contributed by atoms with Crippen molar-refractivity contribution in [3.63, 3.8) is 0 Å². The van der Waals surface area contributed by atoms with E-state index in [9.17, 15) is 4.39 Å². The summed E-state index contributed by atoms with van der Waals surface area (Å²) in [5.41, 5.74) is 1.08. The Hall–Kier alpha value is -1.33. The average molecular weight is 305 g/mol. The van der Waals surface area contributed by atoms with Gasteiger partial charge >= 0.3 is 0 Å². The number of hydrogen-bond donors (Lipinski definition) is 1. The molecule has 5 heteroatoms. The maximum Gasteiger partial charge on any atom is 0.123 e. The molecule has 112 valence electrons. The van der Waals surface area contributed by atoms with Crippen LogP contribution in [-0.2, 0) is 13.1 Å². The van der Waals surface area contributed by atoms with Crippen molar-refractivity contribution in [2.24, 2.45) is 0 Å². The molecule has 1 aromatic carbocycles. The molecule has 0 saturated carbocycles. The molecule has 0 bridgehead atoms. The van der Waals surface area contributed by atoms with Crippen molar-refractivity contribution in [3.05, 3.63) is 47.8 Å². The molecule has 0 spiro atoms. The van der Waals surface area contributed by atoms with Gasteiger partial charge in [-0.05, 0) is 42.4 Å². The van der Waals surface area contributed by atoms with Gasteiger partial charge in [-0.15, -0.1) is 11.8 Å². The molecule has 1 aliphatic heterocycles. The number of imidazole rings is 1. The summed E-state index contributed by atoms with van der Waals surface area (Å²) in [5.74, 6) is 1.96. The zero-order valence-electron chi connectivity index (χ0n) is 12.2. The minimum atomic E-state index is -0.157. The first-order chi connectivity index (χ1) is 10.3. The van der Waals surface area contributed by atoms with Crippen LogP contribution in [0.25, 0.3) is 0 Å². The van der Waals surface area contributed by atoms with Gasteiger partial charge in [-0.2, -0.15) is 0 Å². The highest BCUT2D eigenvalue weighted by molar-refractivity contribution is 7.99. The molecule has 1 aromatic heterocycles. The van der Waals surface area contributed by atoms with Crippen LogP contribution >= 0.6 is 11.8 Å². The van der Waals surface area contributed by atoms with Crippen molar-refractivity contribution in [2.45, 2.75) is 43.8 Å². The Morgan fingerprint density at radius 3 is 3.24 bits per heavy atom. The SMILES string of the molecule is CCCn1ccnc1CNC1CCSc2ccc(F)cc21. The summed E-state index contributed by atoms with van der Waals surface area (Å²) in [6, 6.07) is 5.31. The number of nitrogens with one attached hydrogen (secondary N) is 1. The molecule has 1 atom stereocenters. The zero-order valence-corrected chi connectivity index (χ0v) is 13.0. The van der Waals surface area contributed by atoms with Crippen LogP contribution in [-0.4, -0.2) is 15.3 Å². The van der Waals surface area contributed by atoms with Gasteiger partial charge in [0.25, 0.3) is 0 Å². The Morgan fingerprint density at radius 1 is 1.48 bits per heavy atom. The van der Waals surface area contributed by atoms with E-state index in [4.69, 9.17) is 0 Å². The molecule has 0 fully saturated rings. The standard InChI is InChI=1S/C16H20FN3S/c1-2-7-20-8-6-18-16(20)11-19-14-5-9-21-15-4-3-12(17)10-13(14)15/h3-4,6,8,10,14,19H,2,5,7,9,11H2,1H3. The first-order valence-corrected chi connectivity index (χ1v) is 8.42. The minimum Gasteiger partial charge on any atom is -0.334 e. The predicted molar refractivity (Wildman–Crippen MR) is 83.8 cm³/mol. The van der Waals surface area contributed by atoms with Crippen LogP contribution in [0, 0.1) is 5.82 Å². The van der Waals surface area contributed by atoms with Crippen molar-refractivity contribution >= 4 is 11.8 Å². The third-order valence-corrected chi connectivity index (χ3v) is 4.91. The van der Waals surface area contributed by atoms with Crippen LogP contribution < -0.4 is 5.32 Å². The summed E-state index contributed by atoms with van der Waals surface area (Å²) in [6.07, 6.45) is 5.98. The van der Waals surface area contributed by atoms with Crippen LogP contribution in [0.15, 0.2) is 35.5 Å². The van der Waals surface area contributed by atoms with E-state index in [-0.39, 0.29) is 11.9 Å². The summed E-state index contributed by atoms with van der Waals surface area (Å²) in [4.78, 5) is 5.61. The van der Waals surface area contributed by atoms with Crippen molar-refractivity contribution in [1.82, 2.24) is 14.9 Å². The van der Waals surface area contributed by atoms with Crippen LogP contribution in [0.3, 0.4) is 0 Å². The molecule has 0 saturated heterocycles. The van der Waals surface area contributed by atoms with Crippen LogP contribution in [0.4, 0.5) is 4.39 Å². The molecule has 1 N–H and O–H groups in total. The van der Waals surface area contributed by atoms with E-state index in [1.54, 1.807) is 12.1 Å². The molecular formula is C16H20FN3S. The highest BCUT2D eigenvalue weighted by Crippen LogP contribution is 2.36. The summed E-state index contributed by atoms with van der Waals surface area (Å²) in [6.45, 7) is 3.87. The van der Waals surface area contributed by atoms with Crippen LogP contribution in [0.5, 0.6) is 0 Å². The van der Waals surface area contributed by atoms with Crippen LogP contribution in [0.1, 0.15) is 37.2 Å². The second-order valence-corrected chi connectivity index (χ2v) is 6.43. The quantitative estimate of drug-likeness (QED) is 0.912. The largest absolute Gasteiger partial charge is 0.334 e. The van der Waals surface area contributed by atoms with E-state index in [2.05, 4.69) is 21.8 Å². The van der Waals surface area contributed by atoms with Crippen LogP contribution in [0.2, 0.25) is 0 Å². The van der Waals surface area contributed by atoms with E-state index < -0.39 is 0 Å². The Bertz CT molecular complexity index is 611. The molecule has 21 heavy (non-hydrogen) atoms. The summed E-state index contributed by atoms with van der Waals surface area (Å²) >= 11 is 1.81. The maximum atomic E-state index is 13.5. The Kier molecular flexibility index (Phi) is 4.60. The molecular weight excluding hydrogens is 285 g/mol. The lowest BCUT2D eigenvalue weighted by molar-refractivity contribution is 0.483. The number of thioether (sulfide) groups is 1. The second-order valence-electron chi connectivity index (χ2n) is 5.29. The highest BCUT2D eigenvalue weighted by Gasteiger charge is 2.21. The fourth-order valence-electron chi connectivity index (χ4n) is 2.74. The Morgan fingerprint density at radius 2 is 2.38 bits per heavy atom. The van der Waals surface area contributed by atoms with Crippen molar-refractivity contribution in [1.29, 1.82) is 0 Å². The summed E-state index contributed by atoms with van der Waals surface area (Å²) in [5, 5.41) is 3.54. The first kappa shape index (κ1) is 14.6. The normalized spacial score (nSPS) is 17.7. The van der Waals surface area contributed by atoms with Gasteiger partial charge in [0.15, 0.2) is 0 Å². The van der Waals surface area contributed by atoms with Gasteiger partial charge in [0.1, 0.15) is 11.6 Å². The number of benzene rings is 1. The predicted octanol–water partition coefficient (Wildman–Crippen LogP) is 3.76. The smallest absolute Gasteiger partial charge is 0.123 e. The van der Waals surface area contributed by atoms with E-state index in [0.717, 1.165) is 43.1 Å². The van der Waals surface area contributed by atoms with Gasteiger partial charge in [0.05, 0.1) is 6.54 Å². The minimum absolute atomic E-state index is 0.157. The van der Waals surface area contributed by atoms with E-state index in [1.165, 1.54) is 4.90 Å². The number of hydrogen-bond acceptors (Lipinski definition) is 3. The second kappa shape index (κ2) is 6.62. The fraction of sp³-hybridized carbons (Fsp3) is 0.438. The first-order valence-electron chi connectivity index (χ1n) is 7.43. The molecule has 0 aliphatic carbocycles. The monoisotopic (exact) mass is 305 g/mol. The summed E-state index contributed by atoms with van der Waals surface area (Å²) in [7, 11) is 0. The van der Waals surface area contributed by atoms with Crippen molar-refractivity contribution in [3.8, 4) is 0 Å². The number of aryl methyl sites for hydroxylation is 1. The lowest BCUT2D eigenvalue weighted by Gasteiger charge is -2.26. The third kappa shape index (κ3) is 3.30. The number of aromatic nitrogens is 2. The van der Waals surface area contributed by atoms with E-state index >= 15 is 0 Å². The lowest BCUT2D eigenvalue weighted by atomic mass is 10.0. The van der Waals surface area contributed by atoms with Crippen molar-refractivity contribution in [2.75, 3.05) is 5.75 Å². The molecule has 2 aromatic rings. The molecule has 3 rings (SSSR count). The van der Waals surface area contributed by atoms with Crippen molar-refractivity contribution < 1.29 is 4.39 Å². The molecule has 3 nitrogen and oxygen atoms in total. The summed E-state index contributed by atoms with van der Waals surface area (Å²) < 4.78 is 15.7. The number of fused-ring (bicyclic) bond motifs is 1. The Labute approximate surface area is 129 Å². The van der Waals surface area contributed by atoms with E-state index in [1.807, 2.05) is 30.2 Å². The van der Waals surface area contributed by atoms with Gasteiger partial charge in [-0.3, -0.25) is 0 Å². The lowest BCUT2D eigenvalue weighted by Crippen LogP contribution is -2.25. The zero-order chi connectivity index (χ0) is 14.7. The van der Waals surface area contributed by atoms with Gasteiger partial charge < -0.3 is 9.88 Å². The Balaban J connectivity index is 1.72. The van der Waals surface area contributed by atoms with Gasteiger partial charge in [-0.25, -0.2) is 9.37 Å². The van der Waals surface area contributed by atoms with E-state index in [0.29, 0.717) is 0 Å². The topological polar surface area (TPSA) is 29.9 Å². The average Bonchev–Trinajstić information content (AvgIpc) is 2.93. The molecule has 2 heterocycles. The highest BCUT2D eigenvalue weighted by atomic mass is 32.2. The number of nitrogens with zero attached hydrogens (tertiary/aromatic N) is 2. The number of rotatable bonds is 5. The fourth-order valence-corrected chi connectivity index (χ4v) is 3.85.